The highest BCUT2D eigenvalue weighted by Gasteiger charge is 2.68. The van der Waals surface area contributed by atoms with E-state index in [9.17, 15) is 9.59 Å². The molecular weight excluding hydrogens is 308 g/mol. The first-order chi connectivity index (χ1) is 10.5. The van der Waals surface area contributed by atoms with Gasteiger partial charge in [0.05, 0.1) is 16.9 Å². The maximum absolute atomic E-state index is 12.9. The molecule has 1 saturated heterocycles. The van der Waals surface area contributed by atoms with E-state index in [2.05, 4.69) is 26.6 Å². The van der Waals surface area contributed by atoms with Gasteiger partial charge in [-0.25, -0.2) is 0 Å². The number of allylic oxidation sites excluding steroid dienone is 1. The number of hydrogen-bond acceptors (Lipinski definition) is 4. The highest BCUT2D eigenvalue weighted by molar-refractivity contribution is 6.69. The monoisotopic (exact) mass is 336 g/mol. The molecule has 0 aromatic rings. The van der Waals surface area contributed by atoms with E-state index >= 15 is 0 Å². The molecule has 0 unspecified atom stereocenters. The summed E-state index contributed by atoms with van der Waals surface area (Å²) in [5.41, 5.74) is -1.47. The van der Waals surface area contributed by atoms with Gasteiger partial charge >= 0.3 is 5.97 Å². The van der Waals surface area contributed by atoms with Gasteiger partial charge in [-0.3, -0.25) is 9.59 Å². The molecule has 1 aliphatic heterocycles. The van der Waals surface area contributed by atoms with Crippen molar-refractivity contribution in [1.82, 2.24) is 0 Å². The average Bonchev–Trinajstić information content (AvgIpc) is 2.83. The fourth-order valence-corrected chi connectivity index (χ4v) is 6.38. The second-order valence-electron chi connectivity index (χ2n) is 8.70. The number of rotatable bonds is 2. The van der Waals surface area contributed by atoms with Crippen LogP contribution < -0.4 is 0 Å². The van der Waals surface area contributed by atoms with Gasteiger partial charge < -0.3 is 9.16 Å². The van der Waals surface area contributed by atoms with Crippen molar-refractivity contribution in [2.45, 2.75) is 65.0 Å². The van der Waals surface area contributed by atoms with Gasteiger partial charge in [-0.2, -0.15) is 0 Å². The van der Waals surface area contributed by atoms with E-state index in [-0.39, 0.29) is 35.6 Å². The molecule has 3 rings (SSSR count). The highest BCUT2D eigenvalue weighted by atomic mass is 28.4. The summed E-state index contributed by atoms with van der Waals surface area (Å²) in [4.78, 5) is 25.1. The Hall–Kier alpha value is -0.943. The van der Waals surface area contributed by atoms with Crippen molar-refractivity contribution in [3.05, 3.63) is 12.2 Å². The molecule has 2 aliphatic carbocycles. The number of hydrogen-bond donors (Lipinski definition) is 0. The Balaban J connectivity index is 2.15. The number of ether oxygens (including phenoxy) is 1. The summed E-state index contributed by atoms with van der Waals surface area (Å²) in [6.07, 6.45) is 5.10. The second kappa shape index (κ2) is 5.03. The van der Waals surface area contributed by atoms with Crippen LogP contribution in [0.15, 0.2) is 12.2 Å². The molecule has 0 spiro atoms. The quantitative estimate of drug-likeness (QED) is 0.573. The lowest BCUT2D eigenvalue weighted by molar-refractivity contribution is -0.164. The van der Waals surface area contributed by atoms with Gasteiger partial charge in [0, 0.05) is 5.92 Å². The molecule has 6 atom stereocenters. The van der Waals surface area contributed by atoms with Crippen LogP contribution in [-0.2, 0) is 18.8 Å². The minimum absolute atomic E-state index is 0.0430. The molecule has 1 heterocycles. The van der Waals surface area contributed by atoms with E-state index in [0.717, 1.165) is 12.8 Å². The summed E-state index contributed by atoms with van der Waals surface area (Å²) in [5, 5.41) is 0. The van der Waals surface area contributed by atoms with Crippen LogP contribution in [0.1, 0.15) is 33.6 Å². The molecular formula is C18H28O4Si. The third kappa shape index (κ3) is 2.19. The van der Waals surface area contributed by atoms with E-state index in [1.54, 1.807) is 6.08 Å². The van der Waals surface area contributed by atoms with E-state index in [4.69, 9.17) is 9.16 Å². The van der Waals surface area contributed by atoms with Crippen molar-refractivity contribution in [1.29, 1.82) is 0 Å². The molecule has 2 fully saturated rings. The molecule has 5 heteroatoms. The van der Waals surface area contributed by atoms with Crippen LogP contribution in [0.5, 0.6) is 0 Å². The topological polar surface area (TPSA) is 52.6 Å². The van der Waals surface area contributed by atoms with E-state index in [0.29, 0.717) is 0 Å². The van der Waals surface area contributed by atoms with Gasteiger partial charge in [0.15, 0.2) is 14.1 Å². The summed E-state index contributed by atoms with van der Waals surface area (Å²) in [6, 6.07) is 0. The Morgan fingerprint density at radius 1 is 1.22 bits per heavy atom. The van der Waals surface area contributed by atoms with Crippen LogP contribution >= 0.6 is 0 Å². The molecule has 0 aromatic carbocycles. The third-order valence-corrected chi connectivity index (χ3v) is 7.11. The molecule has 128 valence electrons. The van der Waals surface area contributed by atoms with E-state index in [1.807, 2.05) is 19.9 Å². The number of ketones is 1. The first kappa shape index (κ1) is 16.9. The Morgan fingerprint density at radius 3 is 2.48 bits per heavy atom. The Labute approximate surface area is 139 Å². The number of fused-ring (bicyclic) bond motifs is 3. The zero-order valence-electron chi connectivity index (χ0n) is 15.0. The maximum atomic E-state index is 12.9. The smallest absolute Gasteiger partial charge is 0.309 e. The van der Waals surface area contributed by atoms with Crippen molar-refractivity contribution >= 4 is 20.1 Å². The Bertz CT molecular complexity index is 578. The first-order valence-electron chi connectivity index (χ1n) is 8.67. The van der Waals surface area contributed by atoms with E-state index < -0.39 is 19.3 Å². The largest absolute Gasteiger partial charge is 0.461 e. The maximum Gasteiger partial charge on any atom is 0.309 e. The van der Waals surface area contributed by atoms with Gasteiger partial charge in [0.25, 0.3) is 0 Å². The minimum Gasteiger partial charge on any atom is -0.461 e. The minimum atomic E-state index is -1.90. The molecule has 0 aromatic heterocycles. The van der Waals surface area contributed by atoms with Gasteiger partial charge in [-0.1, -0.05) is 13.8 Å². The SMILES string of the molecule is C[C@@H]1C(=O)O[C@@H]2[C@H]1CC[C@H](C)[C@]1(O[Si](C)(C)C)C=CC(=O)[C@@]21C. The molecule has 3 aliphatic rings. The first-order valence-corrected chi connectivity index (χ1v) is 12.1. The summed E-state index contributed by atoms with van der Waals surface area (Å²) < 4.78 is 12.4. The fraction of sp³-hybridized carbons (Fsp3) is 0.778. The predicted octanol–water partition coefficient (Wildman–Crippen LogP) is 3.33. The zero-order valence-corrected chi connectivity index (χ0v) is 16.0. The van der Waals surface area contributed by atoms with Crippen LogP contribution in [0.4, 0.5) is 0 Å². The summed E-state index contributed by atoms with van der Waals surface area (Å²) in [7, 11) is -1.90. The van der Waals surface area contributed by atoms with Gasteiger partial charge in [0.1, 0.15) is 6.10 Å². The van der Waals surface area contributed by atoms with Crippen molar-refractivity contribution < 1.29 is 18.8 Å². The summed E-state index contributed by atoms with van der Waals surface area (Å²) in [5.74, 6) is 0.0585. The second-order valence-corrected chi connectivity index (χ2v) is 13.1. The van der Waals surface area contributed by atoms with Crippen LogP contribution in [0.2, 0.25) is 19.6 Å². The number of carbonyl (C=O) groups excluding carboxylic acids is 2. The predicted molar refractivity (Wildman–Crippen MR) is 90.3 cm³/mol. The molecule has 0 N–H and O–H groups in total. The molecule has 0 bridgehead atoms. The lowest BCUT2D eigenvalue weighted by Crippen LogP contribution is -2.61. The Kier molecular flexibility index (Phi) is 3.69. The molecule has 1 saturated carbocycles. The average molecular weight is 337 g/mol. The number of carbonyl (C=O) groups is 2. The fourth-order valence-electron chi connectivity index (χ4n) is 4.89. The normalized spacial score (nSPS) is 46.3. The lowest BCUT2D eigenvalue weighted by atomic mass is 9.64. The third-order valence-electron chi connectivity index (χ3n) is 6.16. The van der Waals surface area contributed by atoms with Crippen LogP contribution in [0, 0.1) is 23.2 Å². The molecule has 23 heavy (non-hydrogen) atoms. The standard InChI is InChI=1S/C18H28O4Si/c1-11-7-8-13-12(2)16(20)21-15(13)17(3)14(19)9-10-18(11,17)22-23(4,5)6/h9-13,15H,7-8H2,1-6H3/t11-,12-,13-,15+,17-,18+/m0/s1. The summed E-state index contributed by atoms with van der Waals surface area (Å²) in [6.45, 7) is 12.5. The van der Waals surface area contributed by atoms with Crippen molar-refractivity contribution in [2.75, 3.05) is 0 Å². The highest BCUT2D eigenvalue weighted by Crippen LogP contribution is 2.58. The van der Waals surface area contributed by atoms with E-state index in [1.165, 1.54) is 0 Å². The summed E-state index contributed by atoms with van der Waals surface area (Å²) >= 11 is 0. The number of esters is 1. The van der Waals surface area contributed by atoms with Gasteiger partial charge in [-0.15, -0.1) is 0 Å². The molecule has 0 radical (unpaired) electrons. The Morgan fingerprint density at radius 2 is 1.87 bits per heavy atom. The van der Waals surface area contributed by atoms with Crippen LogP contribution in [-0.4, -0.2) is 31.8 Å². The van der Waals surface area contributed by atoms with Crippen molar-refractivity contribution in [2.24, 2.45) is 23.2 Å². The van der Waals surface area contributed by atoms with Crippen LogP contribution in [0.25, 0.3) is 0 Å². The van der Waals surface area contributed by atoms with Gasteiger partial charge in [-0.05, 0) is 57.5 Å². The van der Waals surface area contributed by atoms with Gasteiger partial charge in [0.2, 0.25) is 0 Å². The molecule has 4 nitrogen and oxygen atoms in total. The van der Waals surface area contributed by atoms with Crippen molar-refractivity contribution in [3.63, 3.8) is 0 Å². The zero-order chi connectivity index (χ0) is 17.2. The lowest BCUT2D eigenvalue weighted by Gasteiger charge is -2.50. The van der Waals surface area contributed by atoms with Crippen molar-refractivity contribution in [3.8, 4) is 0 Å². The molecule has 0 amide bonds. The van der Waals surface area contributed by atoms with Crippen LogP contribution in [0.3, 0.4) is 0 Å².